The lowest BCUT2D eigenvalue weighted by molar-refractivity contribution is -0.187. The third-order valence-corrected chi connectivity index (χ3v) is 1.61. The number of hydrogen-bond donors (Lipinski definition) is 0. The lowest BCUT2D eigenvalue weighted by Gasteiger charge is -2.21. The minimum atomic E-state index is 0.361. The summed E-state index contributed by atoms with van der Waals surface area (Å²) >= 11 is 0. The highest BCUT2D eigenvalue weighted by Crippen LogP contribution is 1.99. The predicted molar refractivity (Wildman–Crippen MR) is 43.8 cm³/mol. The number of hydroxylamine groups is 2. The third-order valence-electron chi connectivity index (χ3n) is 1.61. The van der Waals surface area contributed by atoms with Gasteiger partial charge in [0.25, 0.3) is 0 Å². The summed E-state index contributed by atoms with van der Waals surface area (Å²) in [5.41, 5.74) is 0. The van der Waals surface area contributed by atoms with E-state index >= 15 is 0 Å². The fraction of sp³-hybridized carbons (Fsp3) is 1.00. The van der Waals surface area contributed by atoms with E-state index in [1.807, 2.05) is 5.06 Å². The molecule has 0 aromatic rings. The fourth-order valence-corrected chi connectivity index (χ4v) is 0.702. The first-order chi connectivity index (χ1) is 4.74. The maximum absolute atomic E-state index is 5.53. The second-order valence-electron chi connectivity index (χ2n) is 2.44. The van der Waals surface area contributed by atoms with E-state index in [9.17, 15) is 0 Å². The van der Waals surface area contributed by atoms with Gasteiger partial charge in [-0.05, 0) is 13.3 Å². The molecule has 0 heterocycles. The molecule has 0 bridgehead atoms. The number of rotatable bonds is 5. The molecular weight excluding hydrogens is 126 g/mol. The normalized spacial score (nSPS) is 14.1. The molecule has 0 N–H and O–H groups in total. The highest BCUT2D eigenvalue weighted by Gasteiger charge is 2.03. The Balaban J connectivity index is 3.41. The Kier molecular flexibility index (Phi) is 5.64. The van der Waals surface area contributed by atoms with Crippen molar-refractivity contribution in [1.29, 1.82) is 0 Å². The molecule has 62 valence electrons. The van der Waals surface area contributed by atoms with E-state index in [4.69, 9.17) is 4.84 Å². The van der Waals surface area contributed by atoms with Gasteiger partial charge in [0.15, 0.2) is 0 Å². The minimum absolute atomic E-state index is 0.361. The summed E-state index contributed by atoms with van der Waals surface area (Å²) in [6.07, 6.45) is 1.44. The minimum Gasteiger partial charge on any atom is -0.296 e. The van der Waals surface area contributed by atoms with Gasteiger partial charge >= 0.3 is 0 Å². The summed E-state index contributed by atoms with van der Waals surface area (Å²) in [5, 5.41) is 1.98. The second-order valence-corrected chi connectivity index (χ2v) is 2.44. The van der Waals surface area contributed by atoms with E-state index in [2.05, 4.69) is 27.7 Å². The summed E-state index contributed by atoms with van der Waals surface area (Å²) < 4.78 is 0. The predicted octanol–water partition coefficient (Wildman–Crippen LogP) is 2.06. The van der Waals surface area contributed by atoms with Crippen LogP contribution in [0.15, 0.2) is 0 Å². The molecule has 0 aliphatic heterocycles. The van der Waals surface area contributed by atoms with E-state index in [-0.39, 0.29) is 0 Å². The zero-order valence-corrected chi connectivity index (χ0v) is 7.55. The van der Waals surface area contributed by atoms with Gasteiger partial charge in [0.2, 0.25) is 0 Å². The second kappa shape index (κ2) is 5.69. The lowest BCUT2D eigenvalue weighted by atomic mass is 10.3. The molecule has 0 spiro atoms. The van der Waals surface area contributed by atoms with Crippen LogP contribution < -0.4 is 0 Å². The topological polar surface area (TPSA) is 12.5 Å². The van der Waals surface area contributed by atoms with Crippen LogP contribution in [0.5, 0.6) is 0 Å². The molecule has 0 aliphatic carbocycles. The largest absolute Gasteiger partial charge is 0.296 e. The Labute approximate surface area is 64.1 Å². The van der Waals surface area contributed by atoms with Gasteiger partial charge in [-0.15, -0.1) is 0 Å². The van der Waals surface area contributed by atoms with Gasteiger partial charge in [-0.25, -0.2) is 0 Å². The molecule has 0 saturated heterocycles. The van der Waals surface area contributed by atoms with E-state index < -0.39 is 0 Å². The van der Waals surface area contributed by atoms with Crippen molar-refractivity contribution in [2.45, 2.75) is 40.2 Å². The Hall–Kier alpha value is -0.0800. The summed E-state index contributed by atoms with van der Waals surface area (Å²) in [6, 6.07) is 0. The van der Waals surface area contributed by atoms with Crippen LogP contribution in [0.3, 0.4) is 0 Å². The Morgan fingerprint density at radius 1 is 1.20 bits per heavy atom. The molecule has 1 unspecified atom stereocenters. The van der Waals surface area contributed by atoms with Gasteiger partial charge in [0.05, 0.1) is 6.10 Å². The first-order valence-corrected chi connectivity index (χ1v) is 4.16. The van der Waals surface area contributed by atoms with Crippen molar-refractivity contribution >= 4 is 0 Å². The molecule has 10 heavy (non-hydrogen) atoms. The van der Waals surface area contributed by atoms with Gasteiger partial charge in [0.1, 0.15) is 0 Å². The van der Waals surface area contributed by atoms with Gasteiger partial charge in [0, 0.05) is 13.1 Å². The summed E-state index contributed by atoms with van der Waals surface area (Å²) in [6.45, 7) is 10.4. The number of hydrogen-bond acceptors (Lipinski definition) is 2. The van der Waals surface area contributed by atoms with Crippen LogP contribution in [0.1, 0.15) is 34.1 Å². The molecule has 0 fully saturated rings. The van der Waals surface area contributed by atoms with E-state index in [1.165, 1.54) is 0 Å². The Morgan fingerprint density at radius 2 is 1.70 bits per heavy atom. The molecule has 2 nitrogen and oxygen atoms in total. The van der Waals surface area contributed by atoms with Crippen molar-refractivity contribution in [3.8, 4) is 0 Å². The maximum atomic E-state index is 5.53. The number of nitrogens with zero attached hydrogens (tertiary/aromatic N) is 1. The molecule has 0 aromatic heterocycles. The molecule has 2 heteroatoms. The SMILES string of the molecule is CCC(C)ON(CC)CC. The van der Waals surface area contributed by atoms with Crippen LogP contribution in [-0.4, -0.2) is 24.3 Å². The monoisotopic (exact) mass is 145 g/mol. The molecule has 0 rings (SSSR count). The van der Waals surface area contributed by atoms with Crippen molar-refractivity contribution in [1.82, 2.24) is 5.06 Å². The maximum Gasteiger partial charge on any atom is 0.0762 e. The van der Waals surface area contributed by atoms with Crippen LogP contribution in [0.25, 0.3) is 0 Å². The zero-order chi connectivity index (χ0) is 7.98. The average molecular weight is 145 g/mol. The van der Waals surface area contributed by atoms with Crippen molar-refractivity contribution < 1.29 is 4.84 Å². The summed E-state index contributed by atoms with van der Waals surface area (Å²) in [4.78, 5) is 5.53. The summed E-state index contributed by atoms with van der Waals surface area (Å²) in [7, 11) is 0. The zero-order valence-electron chi connectivity index (χ0n) is 7.55. The van der Waals surface area contributed by atoms with E-state index in [0.717, 1.165) is 19.5 Å². The van der Waals surface area contributed by atoms with Crippen LogP contribution in [-0.2, 0) is 4.84 Å². The Bertz CT molecular complexity index is 71.7. The van der Waals surface area contributed by atoms with Crippen LogP contribution in [0.2, 0.25) is 0 Å². The highest BCUT2D eigenvalue weighted by atomic mass is 16.7. The summed E-state index contributed by atoms with van der Waals surface area (Å²) in [5.74, 6) is 0. The fourth-order valence-electron chi connectivity index (χ4n) is 0.702. The van der Waals surface area contributed by atoms with E-state index in [0.29, 0.717) is 6.10 Å². The van der Waals surface area contributed by atoms with Crippen LogP contribution in [0.4, 0.5) is 0 Å². The molecular formula is C8H19NO. The smallest absolute Gasteiger partial charge is 0.0762 e. The standard InChI is InChI=1S/C8H19NO/c1-5-8(4)10-9(6-2)7-3/h8H,5-7H2,1-4H3. The van der Waals surface area contributed by atoms with Gasteiger partial charge in [-0.3, -0.25) is 4.84 Å². The molecule has 0 aromatic carbocycles. The van der Waals surface area contributed by atoms with Gasteiger partial charge < -0.3 is 0 Å². The van der Waals surface area contributed by atoms with Crippen LogP contribution >= 0.6 is 0 Å². The van der Waals surface area contributed by atoms with Gasteiger partial charge in [-0.1, -0.05) is 20.8 Å². The average Bonchev–Trinajstić information content (AvgIpc) is 1.99. The molecule has 1 atom stereocenters. The van der Waals surface area contributed by atoms with Crippen molar-refractivity contribution in [3.63, 3.8) is 0 Å². The van der Waals surface area contributed by atoms with Crippen molar-refractivity contribution in [2.24, 2.45) is 0 Å². The van der Waals surface area contributed by atoms with Gasteiger partial charge in [-0.2, -0.15) is 5.06 Å². The Morgan fingerprint density at radius 3 is 2.00 bits per heavy atom. The van der Waals surface area contributed by atoms with Crippen LogP contribution in [0, 0.1) is 0 Å². The molecule has 0 amide bonds. The molecule has 0 radical (unpaired) electrons. The lowest BCUT2D eigenvalue weighted by Crippen LogP contribution is -2.27. The van der Waals surface area contributed by atoms with Crippen molar-refractivity contribution in [3.05, 3.63) is 0 Å². The third kappa shape index (κ3) is 3.85. The van der Waals surface area contributed by atoms with Crippen molar-refractivity contribution in [2.75, 3.05) is 13.1 Å². The first-order valence-electron chi connectivity index (χ1n) is 4.16. The molecule has 0 saturated carbocycles. The highest BCUT2D eigenvalue weighted by molar-refractivity contribution is 4.43. The first kappa shape index (κ1) is 9.92. The van der Waals surface area contributed by atoms with E-state index in [1.54, 1.807) is 0 Å². The quantitative estimate of drug-likeness (QED) is 0.549. The molecule has 0 aliphatic rings.